The molecule has 3 aliphatic rings. The molecular weight excluding hydrogens is 520 g/mol. The second kappa shape index (κ2) is 9.46. The van der Waals surface area contributed by atoms with E-state index in [1.807, 2.05) is 44.2 Å². The predicted octanol–water partition coefficient (Wildman–Crippen LogP) is 5.18. The molecule has 4 N–H and O–H groups in total. The van der Waals surface area contributed by atoms with Gasteiger partial charge in [-0.2, -0.15) is 0 Å². The summed E-state index contributed by atoms with van der Waals surface area (Å²) in [7, 11) is 0. The lowest BCUT2D eigenvalue weighted by Crippen LogP contribution is -2.63. The van der Waals surface area contributed by atoms with Crippen molar-refractivity contribution in [1.82, 2.24) is 0 Å². The quantitative estimate of drug-likeness (QED) is 0.304. The summed E-state index contributed by atoms with van der Waals surface area (Å²) >= 11 is 0. The second-order valence-electron chi connectivity index (χ2n) is 12.5. The number of carbonyl (C=O) groups excluding carboxylic acids is 3. The minimum atomic E-state index is -2.59. The highest BCUT2D eigenvalue weighted by molar-refractivity contribution is 6.25. The molecule has 3 aliphatic carbocycles. The molecule has 0 fully saturated rings. The molecule has 5 rings (SSSR count). The summed E-state index contributed by atoms with van der Waals surface area (Å²) in [4.78, 5) is 40.0. The molecule has 0 aromatic heterocycles. The van der Waals surface area contributed by atoms with Gasteiger partial charge in [0, 0.05) is 29.2 Å². The minimum absolute atomic E-state index is 0.000113. The standard InChI is InChI=1S/C34H34O7/c1-18(2)22-14-21(13-9-12-20-10-7-6-8-11-20)28(37)26-23(22)15-32(4)17-33(5)16-24(36)25(19(3)35)30(39)34(33,41)31(40)27(32)29(26)38/h6-8,10-11,14,18,36-37,40-41H,12,15-17H2,1-5H3/t32-,33+,34+/m1/s1. The maximum atomic E-state index is 14.2. The summed E-state index contributed by atoms with van der Waals surface area (Å²) in [5, 5.41) is 45.5. The monoisotopic (exact) mass is 554 g/mol. The van der Waals surface area contributed by atoms with Crippen molar-refractivity contribution < 1.29 is 34.8 Å². The van der Waals surface area contributed by atoms with Crippen molar-refractivity contribution in [1.29, 1.82) is 0 Å². The van der Waals surface area contributed by atoms with E-state index in [2.05, 4.69) is 11.8 Å². The summed E-state index contributed by atoms with van der Waals surface area (Å²) in [6.07, 6.45) is 0.532. The molecule has 0 aliphatic heterocycles. The maximum absolute atomic E-state index is 14.2. The van der Waals surface area contributed by atoms with Gasteiger partial charge in [0.05, 0.1) is 11.1 Å². The number of phenolic OH excluding ortho intramolecular Hbond substituents is 1. The average molecular weight is 555 g/mol. The number of rotatable bonds is 3. The number of phenols is 1. The van der Waals surface area contributed by atoms with Gasteiger partial charge in [-0.05, 0) is 48.4 Å². The first-order valence-corrected chi connectivity index (χ1v) is 13.8. The minimum Gasteiger partial charge on any atom is -0.511 e. The number of aromatic hydroxyl groups is 1. The number of allylic oxidation sites excluding steroid dienone is 2. The van der Waals surface area contributed by atoms with Gasteiger partial charge in [-0.1, -0.05) is 69.9 Å². The van der Waals surface area contributed by atoms with Gasteiger partial charge in [0.2, 0.25) is 5.78 Å². The molecule has 0 radical (unpaired) electrons. The number of aliphatic hydroxyl groups excluding tert-OH is 2. The van der Waals surface area contributed by atoms with Crippen LogP contribution in [-0.4, -0.2) is 43.4 Å². The van der Waals surface area contributed by atoms with Crippen LogP contribution in [0.1, 0.15) is 86.0 Å². The van der Waals surface area contributed by atoms with Crippen LogP contribution in [0.2, 0.25) is 0 Å². The topological polar surface area (TPSA) is 132 Å². The van der Waals surface area contributed by atoms with E-state index in [1.165, 1.54) is 0 Å². The van der Waals surface area contributed by atoms with Gasteiger partial charge in [-0.15, -0.1) is 0 Å². The van der Waals surface area contributed by atoms with E-state index in [4.69, 9.17) is 0 Å². The molecule has 0 heterocycles. The molecule has 2 aromatic carbocycles. The Morgan fingerprint density at radius 3 is 2.32 bits per heavy atom. The Hall–Kier alpha value is -4.15. The van der Waals surface area contributed by atoms with Gasteiger partial charge in [-0.25, -0.2) is 0 Å². The van der Waals surface area contributed by atoms with Crippen molar-refractivity contribution in [2.24, 2.45) is 10.8 Å². The zero-order valence-electron chi connectivity index (χ0n) is 23.9. The Morgan fingerprint density at radius 1 is 1.05 bits per heavy atom. The molecule has 0 spiro atoms. The van der Waals surface area contributed by atoms with Crippen LogP contribution in [0.3, 0.4) is 0 Å². The normalized spacial score (nSPS) is 27.2. The Bertz CT molecular complexity index is 1650. The van der Waals surface area contributed by atoms with Crippen molar-refractivity contribution in [2.45, 2.75) is 71.8 Å². The fourth-order valence-electron chi connectivity index (χ4n) is 7.20. The van der Waals surface area contributed by atoms with Gasteiger partial charge in [0.25, 0.3) is 0 Å². The lowest BCUT2D eigenvalue weighted by molar-refractivity contribution is -0.159. The summed E-state index contributed by atoms with van der Waals surface area (Å²) in [6.45, 7) is 8.42. The van der Waals surface area contributed by atoms with Crippen molar-refractivity contribution in [2.75, 3.05) is 0 Å². The Morgan fingerprint density at radius 2 is 1.71 bits per heavy atom. The van der Waals surface area contributed by atoms with E-state index < -0.39 is 50.9 Å². The first kappa shape index (κ1) is 28.4. The molecule has 7 heteroatoms. The lowest BCUT2D eigenvalue weighted by atomic mass is 9.48. The molecular formula is C34H34O7. The molecule has 41 heavy (non-hydrogen) atoms. The molecule has 7 nitrogen and oxygen atoms in total. The summed E-state index contributed by atoms with van der Waals surface area (Å²) in [5.74, 6) is 1.91. The molecule has 0 bridgehead atoms. The lowest BCUT2D eigenvalue weighted by Gasteiger charge is -2.56. The first-order valence-electron chi connectivity index (χ1n) is 13.8. The van der Waals surface area contributed by atoms with E-state index >= 15 is 0 Å². The van der Waals surface area contributed by atoms with Gasteiger partial charge in [0.1, 0.15) is 22.8 Å². The second-order valence-corrected chi connectivity index (χ2v) is 12.5. The predicted molar refractivity (Wildman–Crippen MR) is 153 cm³/mol. The van der Waals surface area contributed by atoms with E-state index in [9.17, 15) is 34.8 Å². The van der Waals surface area contributed by atoms with Gasteiger partial charge < -0.3 is 20.4 Å². The van der Waals surface area contributed by atoms with Crippen LogP contribution in [0.4, 0.5) is 0 Å². The Balaban J connectivity index is 1.70. The summed E-state index contributed by atoms with van der Waals surface area (Å²) in [6, 6.07) is 11.4. The van der Waals surface area contributed by atoms with Crippen LogP contribution < -0.4 is 0 Å². The van der Waals surface area contributed by atoms with Crippen molar-refractivity contribution in [3.05, 3.63) is 86.9 Å². The molecule has 212 valence electrons. The number of benzene rings is 2. The maximum Gasteiger partial charge on any atom is 0.209 e. The summed E-state index contributed by atoms with van der Waals surface area (Å²) < 4.78 is 0. The number of hydrogen-bond acceptors (Lipinski definition) is 7. The number of carbonyl (C=O) groups is 3. The van der Waals surface area contributed by atoms with Crippen LogP contribution in [0.15, 0.2) is 59.1 Å². The van der Waals surface area contributed by atoms with E-state index in [1.54, 1.807) is 19.9 Å². The third-order valence-electron chi connectivity index (χ3n) is 9.03. The van der Waals surface area contributed by atoms with E-state index in [0.717, 1.165) is 18.1 Å². The van der Waals surface area contributed by atoms with Crippen LogP contribution in [0.5, 0.6) is 5.75 Å². The fourth-order valence-corrected chi connectivity index (χ4v) is 7.20. The largest absolute Gasteiger partial charge is 0.511 e. The highest BCUT2D eigenvalue weighted by Crippen LogP contribution is 2.62. The van der Waals surface area contributed by atoms with Gasteiger partial charge in [0.15, 0.2) is 17.2 Å². The molecule has 2 aromatic rings. The third-order valence-corrected chi connectivity index (χ3v) is 9.03. The van der Waals surface area contributed by atoms with Gasteiger partial charge in [-0.3, -0.25) is 14.4 Å². The highest BCUT2D eigenvalue weighted by Gasteiger charge is 2.67. The zero-order chi connectivity index (χ0) is 30.1. The van der Waals surface area contributed by atoms with Crippen LogP contribution in [0.25, 0.3) is 0 Å². The number of fused-ring (bicyclic) bond motifs is 3. The molecule has 0 unspecified atom stereocenters. The average Bonchev–Trinajstić information content (AvgIpc) is 2.87. The fraction of sp³-hybridized carbons (Fsp3) is 0.382. The van der Waals surface area contributed by atoms with E-state index in [0.29, 0.717) is 12.0 Å². The van der Waals surface area contributed by atoms with Crippen molar-refractivity contribution in [3.8, 4) is 17.6 Å². The number of hydrogen-bond donors (Lipinski definition) is 4. The van der Waals surface area contributed by atoms with Crippen LogP contribution >= 0.6 is 0 Å². The van der Waals surface area contributed by atoms with Crippen LogP contribution in [-0.2, 0) is 22.4 Å². The Labute approximate surface area is 239 Å². The molecule has 3 atom stereocenters. The van der Waals surface area contributed by atoms with E-state index in [-0.39, 0.29) is 47.6 Å². The number of Topliss-reactive ketones (excluding diaryl/α,β-unsaturated/α-hetero) is 3. The smallest absolute Gasteiger partial charge is 0.209 e. The van der Waals surface area contributed by atoms with Crippen molar-refractivity contribution in [3.63, 3.8) is 0 Å². The zero-order valence-corrected chi connectivity index (χ0v) is 23.9. The first-order chi connectivity index (χ1) is 19.2. The van der Waals surface area contributed by atoms with Gasteiger partial charge >= 0.3 is 0 Å². The molecule has 0 saturated carbocycles. The SMILES string of the molecule is CC(=O)C1=C(O)C[C@@]2(C)C[C@@]3(C)Cc4c(C(C)C)cc(C#CCc5ccccc5)c(O)c4C(=O)C3=C(O)[C@@]2(O)C1=O. The van der Waals surface area contributed by atoms with Crippen LogP contribution in [0, 0.1) is 22.7 Å². The molecule has 0 saturated heterocycles. The number of aliphatic hydroxyl groups is 3. The Kier molecular flexibility index (Phi) is 6.55. The number of ketones is 3. The third kappa shape index (κ3) is 4.04. The molecule has 0 amide bonds. The highest BCUT2D eigenvalue weighted by atomic mass is 16.3. The van der Waals surface area contributed by atoms with Crippen molar-refractivity contribution >= 4 is 17.3 Å². The summed E-state index contributed by atoms with van der Waals surface area (Å²) in [5.41, 5.74) is -3.00.